The van der Waals surface area contributed by atoms with Gasteiger partial charge in [-0.2, -0.15) is 5.26 Å². The molecular weight excluding hydrogens is 424 g/mol. The van der Waals surface area contributed by atoms with Crippen molar-refractivity contribution in [1.29, 1.82) is 5.26 Å². The number of para-hydroxylation sites is 2. The standard InChI is InChI=1S/C21H21BrN2O4/c1-4-9-28-20-16(22)11-14(12-19(20)27-3)10-15(13-23)21(25)24-17-7-5-6-8-18(17)26-2/h5-8,10-12H,4,9H2,1-3H3,(H,24,25)/b15-10+. The maximum Gasteiger partial charge on any atom is 0.266 e. The van der Waals surface area contributed by atoms with E-state index in [-0.39, 0.29) is 5.57 Å². The predicted molar refractivity (Wildman–Crippen MR) is 112 cm³/mol. The second-order valence-corrected chi connectivity index (χ2v) is 6.56. The minimum Gasteiger partial charge on any atom is -0.495 e. The summed E-state index contributed by atoms with van der Waals surface area (Å²) in [7, 11) is 3.05. The van der Waals surface area contributed by atoms with Crippen LogP contribution in [0.5, 0.6) is 17.2 Å². The first-order valence-electron chi connectivity index (χ1n) is 8.60. The molecule has 7 heteroatoms. The quantitative estimate of drug-likeness (QED) is 0.467. The molecule has 2 rings (SSSR count). The fourth-order valence-electron chi connectivity index (χ4n) is 2.42. The molecule has 2 aromatic rings. The summed E-state index contributed by atoms with van der Waals surface area (Å²) in [5.74, 6) is 1.07. The molecule has 0 spiro atoms. The molecule has 0 fully saturated rings. The van der Waals surface area contributed by atoms with Crippen LogP contribution in [0.25, 0.3) is 6.08 Å². The summed E-state index contributed by atoms with van der Waals surface area (Å²) in [6.07, 6.45) is 2.35. The Kier molecular flexibility index (Phi) is 7.90. The number of benzene rings is 2. The van der Waals surface area contributed by atoms with Gasteiger partial charge in [-0.1, -0.05) is 19.1 Å². The first-order valence-corrected chi connectivity index (χ1v) is 9.39. The fourth-order valence-corrected chi connectivity index (χ4v) is 2.99. The van der Waals surface area contributed by atoms with Crippen LogP contribution in [0.2, 0.25) is 0 Å². The number of methoxy groups -OCH3 is 2. The van der Waals surface area contributed by atoms with Crippen molar-refractivity contribution < 1.29 is 19.0 Å². The van der Waals surface area contributed by atoms with Crippen molar-refractivity contribution in [3.05, 3.63) is 52.0 Å². The molecule has 0 aromatic heterocycles. The molecule has 0 aliphatic heterocycles. The molecule has 0 radical (unpaired) electrons. The lowest BCUT2D eigenvalue weighted by atomic mass is 10.1. The van der Waals surface area contributed by atoms with Gasteiger partial charge >= 0.3 is 0 Å². The molecule has 0 unspecified atom stereocenters. The molecule has 0 bridgehead atoms. The number of nitriles is 1. The zero-order valence-electron chi connectivity index (χ0n) is 15.9. The van der Waals surface area contributed by atoms with Crippen LogP contribution in [0, 0.1) is 11.3 Å². The second-order valence-electron chi connectivity index (χ2n) is 5.71. The van der Waals surface area contributed by atoms with E-state index in [9.17, 15) is 10.1 Å². The average Bonchev–Trinajstić information content (AvgIpc) is 2.71. The average molecular weight is 445 g/mol. The molecule has 0 atom stereocenters. The Morgan fingerprint density at radius 3 is 2.57 bits per heavy atom. The maximum absolute atomic E-state index is 12.5. The van der Waals surface area contributed by atoms with Crippen molar-refractivity contribution in [3.63, 3.8) is 0 Å². The number of hydrogen-bond acceptors (Lipinski definition) is 5. The van der Waals surface area contributed by atoms with Crippen LogP contribution in [0.3, 0.4) is 0 Å². The van der Waals surface area contributed by atoms with Crippen LogP contribution in [-0.2, 0) is 4.79 Å². The number of carbonyl (C=O) groups is 1. The number of nitrogens with zero attached hydrogens (tertiary/aromatic N) is 1. The third-order valence-corrected chi connectivity index (χ3v) is 4.32. The first-order chi connectivity index (χ1) is 13.5. The van der Waals surface area contributed by atoms with Gasteiger partial charge in [0.05, 0.1) is 31.0 Å². The number of nitrogens with one attached hydrogen (secondary N) is 1. The van der Waals surface area contributed by atoms with E-state index in [1.165, 1.54) is 20.3 Å². The molecule has 1 amide bonds. The summed E-state index contributed by atoms with van der Waals surface area (Å²) in [5, 5.41) is 12.1. The van der Waals surface area contributed by atoms with Gasteiger partial charge in [-0.15, -0.1) is 0 Å². The fraction of sp³-hybridized carbons (Fsp3) is 0.238. The predicted octanol–water partition coefficient (Wildman–Crippen LogP) is 4.80. The monoisotopic (exact) mass is 444 g/mol. The zero-order valence-corrected chi connectivity index (χ0v) is 17.5. The van der Waals surface area contributed by atoms with E-state index >= 15 is 0 Å². The highest BCUT2D eigenvalue weighted by Crippen LogP contribution is 2.37. The van der Waals surface area contributed by atoms with E-state index < -0.39 is 5.91 Å². The van der Waals surface area contributed by atoms with Gasteiger partial charge < -0.3 is 19.5 Å². The topological polar surface area (TPSA) is 80.6 Å². The van der Waals surface area contributed by atoms with Gasteiger partial charge in [0.25, 0.3) is 5.91 Å². The Morgan fingerprint density at radius 2 is 1.93 bits per heavy atom. The van der Waals surface area contributed by atoms with E-state index in [0.717, 1.165) is 6.42 Å². The number of carbonyl (C=O) groups excluding carboxylic acids is 1. The van der Waals surface area contributed by atoms with Crippen LogP contribution in [0.15, 0.2) is 46.4 Å². The van der Waals surface area contributed by atoms with Gasteiger partial charge in [-0.05, 0) is 58.3 Å². The Balaban J connectivity index is 2.32. The lowest BCUT2D eigenvalue weighted by molar-refractivity contribution is -0.112. The normalized spacial score (nSPS) is 10.8. The Bertz CT molecular complexity index is 919. The molecule has 146 valence electrons. The molecular formula is C21H21BrN2O4. The van der Waals surface area contributed by atoms with E-state index in [2.05, 4.69) is 21.2 Å². The van der Waals surface area contributed by atoms with E-state index in [1.54, 1.807) is 36.4 Å². The summed E-state index contributed by atoms with van der Waals surface area (Å²) in [6, 6.07) is 12.4. The minimum atomic E-state index is -0.534. The molecule has 6 nitrogen and oxygen atoms in total. The summed E-state index contributed by atoms with van der Waals surface area (Å²) in [4.78, 5) is 12.5. The van der Waals surface area contributed by atoms with Crippen LogP contribution in [0.4, 0.5) is 5.69 Å². The largest absolute Gasteiger partial charge is 0.495 e. The van der Waals surface area contributed by atoms with Gasteiger partial charge in [-0.25, -0.2) is 0 Å². The van der Waals surface area contributed by atoms with Crippen molar-refractivity contribution in [3.8, 4) is 23.3 Å². The Hall–Kier alpha value is -2.98. The van der Waals surface area contributed by atoms with Crippen LogP contribution in [-0.4, -0.2) is 26.7 Å². The first kappa shape index (κ1) is 21.3. The van der Waals surface area contributed by atoms with Gasteiger partial charge in [0, 0.05) is 0 Å². The van der Waals surface area contributed by atoms with Crippen molar-refractivity contribution in [2.75, 3.05) is 26.1 Å². The van der Waals surface area contributed by atoms with Gasteiger partial charge in [0.2, 0.25) is 0 Å². The van der Waals surface area contributed by atoms with Gasteiger partial charge in [-0.3, -0.25) is 4.79 Å². The smallest absolute Gasteiger partial charge is 0.266 e. The molecule has 2 aromatic carbocycles. The molecule has 28 heavy (non-hydrogen) atoms. The van der Waals surface area contributed by atoms with E-state index in [4.69, 9.17) is 14.2 Å². The zero-order chi connectivity index (χ0) is 20.5. The van der Waals surface area contributed by atoms with Crippen molar-refractivity contribution >= 4 is 33.6 Å². The summed E-state index contributed by atoms with van der Waals surface area (Å²) < 4.78 is 17.0. The third kappa shape index (κ3) is 5.27. The van der Waals surface area contributed by atoms with Gasteiger partial charge in [0.1, 0.15) is 17.4 Å². The molecule has 0 aliphatic carbocycles. The number of ether oxygens (including phenoxy) is 3. The number of amides is 1. The van der Waals surface area contributed by atoms with Crippen LogP contribution >= 0.6 is 15.9 Å². The number of halogens is 1. The lowest BCUT2D eigenvalue weighted by Crippen LogP contribution is -2.14. The van der Waals surface area contributed by atoms with Crippen molar-refractivity contribution in [1.82, 2.24) is 0 Å². The number of rotatable bonds is 8. The molecule has 0 saturated heterocycles. The van der Waals surface area contributed by atoms with Crippen molar-refractivity contribution in [2.45, 2.75) is 13.3 Å². The highest BCUT2D eigenvalue weighted by molar-refractivity contribution is 9.10. The minimum absolute atomic E-state index is 0.0536. The van der Waals surface area contributed by atoms with Crippen LogP contribution in [0.1, 0.15) is 18.9 Å². The Labute approximate surface area is 172 Å². The SMILES string of the molecule is CCCOc1c(Br)cc(/C=C(\C#N)C(=O)Nc2ccccc2OC)cc1OC. The van der Waals surface area contributed by atoms with Crippen molar-refractivity contribution in [2.24, 2.45) is 0 Å². The third-order valence-electron chi connectivity index (χ3n) is 3.73. The summed E-state index contributed by atoms with van der Waals surface area (Å²) in [5.41, 5.74) is 1.06. The van der Waals surface area contributed by atoms with E-state index in [1.807, 2.05) is 13.0 Å². The molecule has 0 aliphatic rings. The highest BCUT2D eigenvalue weighted by atomic mass is 79.9. The maximum atomic E-state index is 12.5. The second kappa shape index (κ2) is 10.4. The molecule has 0 heterocycles. The Morgan fingerprint density at radius 1 is 1.21 bits per heavy atom. The van der Waals surface area contributed by atoms with Gasteiger partial charge in [0.15, 0.2) is 11.5 Å². The molecule has 0 saturated carbocycles. The van der Waals surface area contributed by atoms with E-state index in [0.29, 0.717) is 39.6 Å². The number of anilines is 1. The lowest BCUT2D eigenvalue weighted by Gasteiger charge is -2.13. The molecule has 1 N–H and O–H groups in total. The number of hydrogen-bond donors (Lipinski definition) is 1. The summed E-state index contributed by atoms with van der Waals surface area (Å²) in [6.45, 7) is 2.56. The van der Waals surface area contributed by atoms with Crippen LogP contribution < -0.4 is 19.5 Å². The highest BCUT2D eigenvalue weighted by Gasteiger charge is 2.15. The summed E-state index contributed by atoms with van der Waals surface area (Å²) >= 11 is 3.46.